The van der Waals surface area contributed by atoms with Crippen LogP contribution in [0.4, 0.5) is 5.69 Å². The Morgan fingerprint density at radius 1 is 1.31 bits per heavy atom. The smallest absolute Gasteiger partial charge is 0.345 e. The molecule has 3 aromatic rings. The van der Waals surface area contributed by atoms with E-state index < -0.39 is 17.3 Å². The van der Waals surface area contributed by atoms with Crippen molar-refractivity contribution in [2.75, 3.05) is 38.2 Å². The normalized spacial score (nSPS) is 17.2. The number of ketones is 1. The van der Waals surface area contributed by atoms with Crippen LogP contribution in [0.15, 0.2) is 59.9 Å². The summed E-state index contributed by atoms with van der Waals surface area (Å²) in [5.74, 6) is 4.08. The highest BCUT2D eigenvalue weighted by Crippen LogP contribution is 2.30. The van der Waals surface area contributed by atoms with Crippen LogP contribution in [0.1, 0.15) is 16.7 Å². The summed E-state index contributed by atoms with van der Waals surface area (Å²) < 4.78 is 11.1. The van der Waals surface area contributed by atoms with E-state index in [-0.39, 0.29) is 11.6 Å². The Hall–Kier alpha value is -4.39. The maximum atomic E-state index is 12.9. The maximum Gasteiger partial charge on any atom is 0.345 e. The Morgan fingerprint density at radius 2 is 2.14 bits per heavy atom. The van der Waals surface area contributed by atoms with Crippen molar-refractivity contribution in [2.45, 2.75) is 6.92 Å². The summed E-state index contributed by atoms with van der Waals surface area (Å²) in [5.41, 5.74) is 3.17. The molecule has 2 aliphatic heterocycles. The lowest BCUT2D eigenvalue weighted by Gasteiger charge is -2.24. The molecule has 0 saturated carbocycles. The zero-order chi connectivity index (χ0) is 25.1. The number of H-pyrrole nitrogens is 1. The van der Waals surface area contributed by atoms with Gasteiger partial charge in [-0.3, -0.25) is 9.69 Å². The van der Waals surface area contributed by atoms with E-state index in [1.807, 2.05) is 25.1 Å². The van der Waals surface area contributed by atoms with E-state index in [2.05, 4.69) is 32.0 Å². The summed E-state index contributed by atoms with van der Waals surface area (Å²) in [6.45, 7) is 5.78. The molecule has 9 heteroatoms. The number of hydrogen-bond acceptors (Lipinski definition) is 7. The van der Waals surface area contributed by atoms with Crippen molar-refractivity contribution in [2.24, 2.45) is 0 Å². The number of ether oxygens (including phenoxy) is 2. The first-order chi connectivity index (χ1) is 17.5. The molecule has 0 radical (unpaired) electrons. The van der Waals surface area contributed by atoms with Gasteiger partial charge in [0, 0.05) is 47.7 Å². The Kier molecular flexibility index (Phi) is 6.54. The molecule has 2 aliphatic rings. The number of fused-ring (bicyclic) bond motifs is 1. The third kappa shape index (κ3) is 4.86. The number of aliphatic carboxylic acids is 1. The van der Waals surface area contributed by atoms with E-state index in [1.54, 1.807) is 24.5 Å². The third-order valence-electron chi connectivity index (χ3n) is 5.99. The van der Waals surface area contributed by atoms with Crippen molar-refractivity contribution in [3.05, 3.63) is 76.6 Å². The number of aromatic amines is 1. The highest BCUT2D eigenvalue weighted by Gasteiger charge is 2.36. The minimum Gasteiger partial charge on any atom is -0.477 e. The van der Waals surface area contributed by atoms with E-state index in [9.17, 15) is 14.7 Å². The Balaban J connectivity index is 1.34. The molecule has 0 bridgehead atoms. The standard InChI is InChI=1S/C27H24N4O5/c1-17-14-18(4-3-9-31-10-12-35-13-11-31)6-7-21(17)30-26-23(27(33)34)24(32)22(36-26)15-19-16-29-25-20(19)5-2-8-28-25/h2,5-8,14-16,30H,9-13H2,1H3,(H,28,29)(H,33,34)/b22-15-. The molecule has 0 spiro atoms. The number of rotatable bonds is 5. The lowest BCUT2D eigenvalue weighted by molar-refractivity contribution is -0.134. The summed E-state index contributed by atoms with van der Waals surface area (Å²) in [7, 11) is 0. The zero-order valence-corrected chi connectivity index (χ0v) is 19.6. The molecule has 36 heavy (non-hydrogen) atoms. The van der Waals surface area contributed by atoms with E-state index in [0.29, 0.717) is 23.4 Å². The van der Waals surface area contributed by atoms with Crippen molar-refractivity contribution in [3.63, 3.8) is 0 Å². The fourth-order valence-corrected chi connectivity index (χ4v) is 4.07. The second-order valence-corrected chi connectivity index (χ2v) is 8.44. The molecule has 5 rings (SSSR count). The lowest BCUT2D eigenvalue weighted by atomic mass is 10.1. The maximum absolute atomic E-state index is 12.9. The summed E-state index contributed by atoms with van der Waals surface area (Å²) in [4.78, 5) is 34.2. The molecule has 0 aliphatic carbocycles. The first kappa shape index (κ1) is 23.4. The molecule has 0 unspecified atom stereocenters. The van der Waals surface area contributed by atoms with Gasteiger partial charge in [0.15, 0.2) is 11.3 Å². The molecule has 4 heterocycles. The van der Waals surface area contributed by atoms with Crippen LogP contribution < -0.4 is 5.32 Å². The van der Waals surface area contributed by atoms with Crippen LogP contribution in [0.2, 0.25) is 0 Å². The molecule has 1 fully saturated rings. The molecule has 1 aromatic carbocycles. The Morgan fingerprint density at radius 3 is 2.92 bits per heavy atom. The summed E-state index contributed by atoms with van der Waals surface area (Å²) >= 11 is 0. The number of allylic oxidation sites excluding steroid dienone is 1. The average molecular weight is 485 g/mol. The predicted molar refractivity (Wildman–Crippen MR) is 134 cm³/mol. The minimum atomic E-state index is -1.37. The molecular weight excluding hydrogens is 460 g/mol. The SMILES string of the molecule is Cc1cc(C#CCN2CCOCC2)ccc1NC1=C(C(=O)O)C(=O)/C(=C/c2c[nH]c3ncccc23)O1. The highest BCUT2D eigenvalue weighted by atomic mass is 16.5. The number of anilines is 1. The first-order valence-electron chi connectivity index (χ1n) is 11.5. The predicted octanol–water partition coefficient (Wildman–Crippen LogP) is 2.90. The number of nitrogens with one attached hydrogen (secondary N) is 2. The third-order valence-corrected chi connectivity index (χ3v) is 5.99. The van der Waals surface area contributed by atoms with E-state index in [1.165, 1.54) is 6.08 Å². The van der Waals surface area contributed by atoms with Gasteiger partial charge in [-0.1, -0.05) is 11.8 Å². The van der Waals surface area contributed by atoms with Gasteiger partial charge in [0.05, 0.1) is 19.8 Å². The van der Waals surface area contributed by atoms with Crippen molar-refractivity contribution in [1.82, 2.24) is 14.9 Å². The van der Waals surface area contributed by atoms with Crippen LogP contribution in [-0.4, -0.2) is 64.6 Å². The lowest BCUT2D eigenvalue weighted by Crippen LogP contribution is -2.36. The topological polar surface area (TPSA) is 117 Å². The second kappa shape index (κ2) is 10.1. The first-order valence-corrected chi connectivity index (χ1v) is 11.5. The van der Waals surface area contributed by atoms with Gasteiger partial charge >= 0.3 is 5.97 Å². The fourth-order valence-electron chi connectivity index (χ4n) is 4.07. The number of morpholine rings is 1. The molecule has 1 saturated heterocycles. The van der Waals surface area contributed by atoms with Gasteiger partial charge < -0.3 is 24.9 Å². The molecule has 182 valence electrons. The number of aromatic nitrogens is 2. The number of Topliss-reactive ketones (excluding diaryl/α,β-unsaturated/α-hetero) is 1. The zero-order valence-electron chi connectivity index (χ0n) is 19.6. The number of carboxylic acid groups (broad SMARTS) is 1. The van der Waals surface area contributed by atoms with Crippen molar-refractivity contribution < 1.29 is 24.2 Å². The quantitative estimate of drug-likeness (QED) is 0.288. The number of hydrogen-bond donors (Lipinski definition) is 3. The Labute approximate surface area is 207 Å². The van der Waals surface area contributed by atoms with Gasteiger partial charge in [0.1, 0.15) is 5.65 Å². The van der Waals surface area contributed by atoms with Crippen molar-refractivity contribution in [3.8, 4) is 11.8 Å². The van der Waals surface area contributed by atoms with Crippen LogP contribution >= 0.6 is 0 Å². The van der Waals surface area contributed by atoms with Crippen LogP contribution in [0.3, 0.4) is 0 Å². The number of nitrogens with zero attached hydrogens (tertiary/aromatic N) is 2. The highest BCUT2D eigenvalue weighted by molar-refractivity contribution is 6.26. The van der Waals surface area contributed by atoms with Gasteiger partial charge in [0.2, 0.25) is 11.7 Å². The van der Waals surface area contributed by atoms with E-state index >= 15 is 0 Å². The number of aryl methyl sites for hydroxylation is 1. The van der Waals surface area contributed by atoms with Crippen molar-refractivity contribution in [1.29, 1.82) is 0 Å². The largest absolute Gasteiger partial charge is 0.477 e. The van der Waals surface area contributed by atoms with E-state index in [4.69, 9.17) is 9.47 Å². The summed E-state index contributed by atoms with van der Waals surface area (Å²) in [6.07, 6.45) is 4.86. The van der Waals surface area contributed by atoms with Crippen LogP contribution in [0.5, 0.6) is 0 Å². The van der Waals surface area contributed by atoms with Crippen LogP contribution in [-0.2, 0) is 19.1 Å². The minimum absolute atomic E-state index is 0.0806. The van der Waals surface area contributed by atoms with Gasteiger partial charge in [-0.2, -0.15) is 0 Å². The monoisotopic (exact) mass is 484 g/mol. The average Bonchev–Trinajstić information content (AvgIpc) is 3.42. The number of carboxylic acids is 1. The summed E-state index contributed by atoms with van der Waals surface area (Å²) in [5, 5.41) is 13.5. The molecule has 0 amide bonds. The van der Waals surface area contributed by atoms with Crippen LogP contribution in [0.25, 0.3) is 17.1 Å². The van der Waals surface area contributed by atoms with Gasteiger partial charge in [-0.25, -0.2) is 9.78 Å². The number of benzene rings is 1. The van der Waals surface area contributed by atoms with Gasteiger partial charge in [-0.05, 0) is 48.9 Å². The van der Waals surface area contributed by atoms with Gasteiger partial charge in [-0.15, -0.1) is 0 Å². The Bertz CT molecular complexity index is 1470. The number of carbonyl (C=O) groups is 2. The second-order valence-electron chi connectivity index (χ2n) is 8.44. The number of pyridine rings is 1. The number of carbonyl (C=O) groups excluding carboxylic acids is 1. The molecule has 9 nitrogen and oxygen atoms in total. The van der Waals surface area contributed by atoms with Crippen molar-refractivity contribution >= 4 is 34.5 Å². The summed E-state index contributed by atoms with van der Waals surface area (Å²) in [6, 6.07) is 9.17. The molecule has 3 N–H and O–H groups in total. The van der Waals surface area contributed by atoms with E-state index in [0.717, 1.165) is 42.8 Å². The van der Waals surface area contributed by atoms with Crippen LogP contribution in [0, 0.1) is 18.8 Å². The molecular formula is C27H24N4O5. The van der Waals surface area contributed by atoms with Gasteiger partial charge in [0.25, 0.3) is 0 Å². The molecule has 2 aromatic heterocycles. The molecule has 0 atom stereocenters. The fraction of sp³-hybridized carbons (Fsp3) is 0.222.